The predicted molar refractivity (Wildman–Crippen MR) is 89.6 cm³/mol. The molecule has 0 aliphatic heterocycles. The molecule has 0 spiro atoms. The monoisotopic (exact) mass is 329 g/mol. The topological polar surface area (TPSA) is 61.4 Å². The largest absolute Gasteiger partial charge is 0.334 e. The first-order valence-electron chi connectivity index (χ1n) is 7.57. The highest BCUT2D eigenvalue weighted by atomic mass is 19.1. The van der Waals surface area contributed by atoms with E-state index in [9.17, 15) is 14.0 Å². The van der Waals surface area contributed by atoms with Crippen LogP contribution in [0.1, 0.15) is 11.1 Å². The molecular formula is C18H20FN3O2. The minimum Gasteiger partial charge on any atom is -0.334 e. The number of urea groups is 1. The van der Waals surface area contributed by atoms with Gasteiger partial charge in [-0.2, -0.15) is 0 Å². The number of rotatable bonds is 6. The molecule has 0 bridgehead atoms. The molecule has 2 aromatic carbocycles. The van der Waals surface area contributed by atoms with Crippen LogP contribution in [0.3, 0.4) is 0 Å². The molecule has 0 saturated carbocycles. The van der Waals surface area contributed by atoms with Crippen molar-refractivity contribution in [3.63, 3.8) is 0 Å². The summed E-state index contributed by atoms with van der Waals surface area (Å²) in [5, 5.41) is 4.91. The van der Waals surface area contributed by atoms with Crippen molar-refractivity contribution >= 4 is 11.9 Å². The third-order valence-corrected chi connectivity index (χ3v) is 3.33. The molecule has 0 heterocycles. The van der Waals surface area contributed by atoms with Gasteiger partial charge in [0.2, 0.25) is 5.91 Å². The minimum absolute atomic E-state index is 0.0656. The Hall–Kier alpha value is -2.73. The summed E-state index contributed by atoms with van der Waals surface area (Å²) >= 11 is 0. The maximum absolute atomic E-state index is 12.9. The Morgan fingerprint density at radius 1 is 1.00 bits per heavy atom. The summed E-state index contributed by atoms with van der Waals surface area (Å²) in [4.78, 5) is 25.3. The van der Waals surface area contributed by atoms with Crippen LogP contribution in [-0.4, -0.2) is 30.4 Å². The summed E-state index contributed by atoms with van der Waals surface area (Å²) in [5.41, 5.74) is 1.84. The molecule has 0 aliphatic rings. The number of nitrogens with one attached hydrogen (secondary N) is 2. The van der Waals surface area contributed by atoms with E-state index in [0.29, 0.717) is 13.1 Å². The van der Waals surface area contributed by atoms with Crippen molar-refractivity contribution in [1.29, 1.82) is 0 Å². The van der Waals surface area contributed by atoms with Crippen molar-refractivity contribution < 1.29 is 14.0 Å². The molecule has 0 aromatic heterocycles. The van der Waals surface area contributed by atoms with Crippen molar-refractivity contribution in [3.8, 4) is 0 Å². The van der Waals surface area contributed by atoms with E-state index in [1.165, 1.54) is 12.1 Å². The maximum Gasteiger partial charge on any atom is 0.321 e. The molecule has 24 heavy (non-hydrogen) atoms. The summed E-state index contributed by atoms with van der Waals surface area (Å²) in [6, 6.07) is 15.0. The van der Waals surface area contributed by atoms with Gasteiger partial charge >= 0.3 is 6.03 Å². The number of hydrogen-bond donors (Lipinski definition) is 2. The molecule has 3 amide bonds. The van der Waals surface area contributed by atoms with Gasteiger partial charge in [0.1, 0.15) is 5.82 Å². The number of benzene rings is 2. The van der Waals surface area contributed by atoms with Gasteiger partial charge in [-0.25, -0.2) is 9.18 Å². The number of halogens is 1. The highest BCUT2D eigenvalue weighted by Gasteiger charge is 2.10. The summed E-state index contributed by atoms with van der Waals surface area (Å²) < 4.78 is 12.9. The lowest BCUT2D eigenvalue weighted by molar-refractivity contribution is -0.120. The molecule has 0 saturated heterocycles. The SMILES string of the molecule is CN(CC(=O)NC(=O)NCc1ccccc1)Cc1ccc(F)cc1. The summed E-state index contributed by atoms with van der Waals surface area (Å²) in [5.74, 6) is -0.695. The maximum atomic E-state index is 12.9. The van der Waals surface area contributed by atoms with Crippen LogP contribution in [0, 0.1) is 5.82 Å². The second kappa shape index (κ2) is 8.79. The Balaban J connectivity index is 1.71. The van der Waals surface area contributed by atoms with Crippen LogP contribution >= 0.6 is 0 Å². The van der Waals surface area contributed by atoms with Crippen LogP contribution in [0.4, 0.5) is 9.18 Å². The van der Waals surface area contributed by atoms with Crippen molar-refractivity contribution in [2.45, 2.75) is 13.1 Å². The Kier molecular flexibility index (Phi) is 6.45. The Morgan fingerprint density at radius 3 is 2.33 bits per heavy atom. The number of carbonyl (C=O) groups excluding carboxylic acids is 2. The molecule has 0 atom stereocenters. The third kappa shape index (κ3) is 6.18. The van der Waals surface area contributed by atoms with Crippen LogP contribution < -0.4 is 10.6 Å². The number of carbonyl (C=O) groups is 2. The summed E-state index contributed by atoms with van der Waals surface area (Å²) in [6.45, 7) is 0.904. The molecule has 2 aromatic rings. The lowest BCUT2D eigenvalue weighted by Crippen LogP contribution is -2.43. The van der Waals surface area contributed by atoms with E-state index < -0.39 is 11.9 Å². The molecule has 2 N–H and O–H groups in total. The van der Waals surface area contributed by atoms with Crippen molar-refractivity contribution in [1.82, 2.24) is 15.5 Å². The second-order valence-electron chi connectivity index (χ2n) is 5.52. The van der Waals surface area contributed by atoms with E-state index in [2.05, 4.69) is 10.6 Å². The highest BCUT2D eigenvalue weighted by Crippen LogP contribution is 2.05. The normalized spacial score (nSPS) is 10.5. The first-order valence-corrected chi connectivity index (χ1v) is 7.57. The smallest absolute Gasteiger partial charge is 0.321 e. The van der Waals surface area contributed by atoms with Gasteiger partial charge in [0.05, 0.1) is 6.54 Å². The highest BCUT2D eigenvalue weighted by molar-refractivity contribution is 5.95. The van der Waals surface area contributed by atoms with Crippen LogP contribution in [0.5, 0.6) is 0 Å². The van der Waals surface area contributed by atoms with Gasteiger partial charge in [-0.15, -0.1) is 0 Å². The standard InChI is InChI=1S/C18H20FN3O2/c1-22(12-15-7-9-16(19)10-8-15)13-17(23)21-18(24)20-11-14-5-3-2-4-6-14/h2-10H,11-13H2,1H3,(H2,20,21,23,24). The molecule has 5 nitrogen and oxygen atoms in total. The van der Waals surface area contributed by atoms with Gasteiger partial charge < -0.3 is 5.32 Å². The van der Waals surface area contributed by atoms with E-state index in [4.69, 9.17) is 0 Å². The van der Waals surface area contributed by atoms with Gasteiger partial charge in [-0.05, 0) is 30.3 Å². The van der Waals surface area contributed by atoms with Crippen LogP contribution in [0.25, 0.3) is 0 Å². The molecule has 2 rings (SSSR count). The first kappa shape index (κ1) is 17.6. The Morgan fingerprint density at radius 2 is 1.67 bits per heavy atom. The van der Waals surface area contributed by atoms with E-state index in [1.54, 1.807) is 24.1 Å². The molecule has 0 aliphatic carbocycles. The van der Waals surface area contributed by atoms with Crippen LogP contribution in [0.2, 0.25) is 0 Å². The number of likely N-dealkylation sites (N-methyl/N-ethyl adjacent to an activating group) is 1. The first-order chi connectivity index (χ1) is 11.5. The molecular weight excluding hydrogens is 309 g/mol. The minimum atomic E-state index is -0.529. The molecule has 0 fully saturated rings. The number of hydrogen-bond acceptors (Lipinski definition) is 3. The lowest BCUT2D eigenvalue weighted by Gasteiger charge is -2.16. The number of nitrogens with zero attached hydrogens (tertiary/aromatic N) is 1. The average Bonchev–Trinajstić information content (AvgIpc) is 2.56. The van der Waals surface area contributed by atoms with Gasteiger partial charge in [0.15, 0.2) is 0 Å². The van der Waals surface area contributed by atoms with E-state index in [0.717, 1.165) is 11.1 Å². The van der Waals surface area contributed by atoms with Gasteiger partial charge in [0.25, 0.3) is 0 Å². The van der Waals surface area contributed by atoms with E-state index >= 15 is 0 Å². The molecule has 126 valence electrons. The Bertz CT molecular complexity index is 674. The average molecular weight is 329 g/mol. The zero-order chi connectivity index (χ0) is 17.4. The van der Waals surface area contributed by atoms with Crippen molar-refractivity contribution in [3.05, 3.63) is 71.5 Å². The van der Waals surface area contributed by atoms with Crippen LogP contribution in [-0.2, 0) is 17.9 Å². The third-order valence-electron chi connectivity index (χ3n) is 3.33. The van der Waals surface area contributed by atoms with Gasteiger partial charge in [-0.1, -0.05) is 42.5 Å². The van der Waals surface area contributed by atoms with E-state index in [-0.39, 0.29) is 12.4 Å². The zero-order valence-electron chi connectivity index (χ0n) is 13.5. The fourth-order valence-electron chi connectivity index (χ4n) is 2.19. The molecule has 0 unspecified atom stereocenters. The summed E-state index contributed by atoms with van der Waals surface area (Å²) in [7, 11) is 1.75. The van der Waals surface area contributed by atoms with Crippen LogP contribution in [0.15, 0.2) is 54.6 Å². The molecule has 0 radical (unpaired) electrons. The fraction of sp³-hybridized carbons (Fsp3) is 0.222. The Labute approximate surface area is 140 Å². The second-order valence-corrected chi connectivity index (χ2v) is 5.52. The van der Waals surface area contributed by atoms with Crippen molar-refractivity contribution in [2.75, 3.05) is 13.6 Å². The quantitative estimate of drug-likeness (QED) is 0.855. The predicted octanol–water partition coefficient (Wildman–Crippen LogP) is 2.28. The van der Waals surface area contributed by atoms with Gasteiger partial charge in [0, 0.05) is 13.1 Å². The summed E-state index contributed by atoms with van der Waals surface area (Å²) in [6.07, 6.45) is 0. The fourth-order valence-corrected chi connectivity index (χ4v) is 2.19. The van der Waals surface area contributed by atoms with Gasteiger partial charge in [-0.3, -0.25) is 15.0 Å². The lowest BCUT2D eigenvalue weighted by atomic mass is 10.2. The number of imide groups is 1. The molecule has 6 heteroatoms. The van der Waals surface area contributed by atoms with Crippen molar-refractivity contribution in [2.24, 2.45) is 0 Å². The zero-order valence-corrected chi connectivity index (χ0v) is 13.5. The van der Waals surface area contributed by atoms with E-state index in [1.807, 2.05) is 30.3 Å². The number of amides is 3.